The highest BCUT2D eigenvalue weighted by molar-refractivity contribution is 7.99. The van der Waals surface area contributed by atoms with Gasteiger partial charge in [0.05, 0.1) is 5.69 Å². The zero-order chi connectivity index (χ0) is 15.0. The molecular formula is C18H14N2OS. The molecule has 4 rings (SSSR count). The van der Waals surface area contributed by atoms with Gasteiger partial charge >= 0.3 is 0 Å². The van der Waals surface area contributed by atoms with Crippen molar-refractivity contribution in [3.8, 4) is 0 Å². The first kappa shape index (κ1) is 13.5. The lowest BCUT2D eigenvalue weighted by Crippen LogP contribution is -2.33. The Morgan fingerprint density at radius 3 is 2.14 bits per heavy atom. The van der Waals surface area contributed by atoms with E-state index in [4.69, 9.17) is 0 Å². The van der Waals surface area contributed by atoms with Crippen LogP contribution in [0.25, 0.3) is 0 Å². The highest BCUT2D eigenvalue weighted by Gasteiger charge is 2.39. The van der Waals surface area contributed by atoms with Crippen molar-refractivity contribution in [2.45, 2.75) is 21.8 Å². The molecular weight excluding hydrogens is 292 g/mol. The van der Waals surface area contributed by atoms with Crippen molar-refractivity contribution in [2.75, 3.05) is 0 Å². The molecule has 1 aromatic heterocycles. The molecule has 0 amide bonds. The van der Waals surface area contributed by atoms with E-state index in [9.17, 15) is 5.11 Å². The van der Waals surface area contributed by atoms with Crippen molar-refractivity contribution in [1.29, 1.82) is 0 Å². The summed E-state index contributed by atoms with van der Waals surface area (Å²) in [6.07, 6.45) is 5.43. The molecule has 22 heavy (non-hydrogen) atoms. The Balaban J connectivity index is 1.90. The first-order valence-corrected chi connectivity index (χ1v) is 7.93. The number of benzene rings is 2. The number of hydrogen-bond acceptors (Lipinski definition) is 4. The van der Waals surface area contributed by atoms with Crippen LogP contribution in [0.5, 0.6) is 0 Å². The molecule has 3 aromatic rings. The molecule has 0 saturated heterocycles. The quantitative estimate of drug-likeness (QED) is 0.788. The van der Waals surface area contributed by atoms with Crippen LogP contribution in [0.4, 0.5) is 0 Å². The molecule has 2 aromatic carbocycles. The van der Waals surface area contributed by atoms with E-state index in [0.717, 1.165) is 26.6 Å². The zero-order valence-corrected chi connectivity index (χ0v) is 12.6. The number of aliphatic hydroxyl groups is 1. The standard InChI is InChI=1S/C18H14N2OS/c21-18(11-13-12-19-9-10-20-13)14-5-1-3-7-16(14)22-17-8-4-2-6-15(17)18/h1-10,12,21H,11H2. The summed E-state index contributed by atoms with van der Waals surface area (Å²) in [6.45, 7) is 0. The van der Waals surface area contributed by atoms with Gasteiger partial charge < -0.3 is 5.11 Å². The average Bonchev–Trinajstić information content (AvgIpc) is 2.56. The summed E-state index contributed by atoms with van der Waals surface area (Å²) in [5.74, 6) is 0. The van der Waals surface area contributed by atoms with Crippen molar-refractivity contribution in [3.05, 3.63) is 83.9 Å². The monoisotopic (exact) mass is 306 g/mol. The fourth-order valence-corrected chi connectivity index (χ4v) is 4.16. The molecule has 3 nitrogen and oxygen atoms in total. The largest absolute Gasteiger partial charge is 0.380 e. The Labute approximate surface area is 133 Å². The normalized spacial score (nSPS) is 15.0. The van der Waals surface area contributed by atoms with E-state index < -0.39 is 5.60 Å². The summed E-state index contributed by atoms with van der Waals surface area (Å²) in [5, 5.41) is 11.5. The molecule has 0 radical (unpaired) electrons. The average molecular weight is 306 g/mol. The minimum absolute atomic E-state index is 0.412. The molecule has 1 aliphatic rings. The van der Waals surface area contributed by atoms with E-state index in [1.54, 1.807) is 30.4 Å². The summed E-state index contributed by atoms with van der Waals surface area (Å²) in [5.41, 5.74) is 1.57. The molecule has 1 N–H and O–H groups in total. The van der Waals surface area contributed by atoms with Gasteiger partial charge in [-0.05, 0) is 12.1 Å². The highest BCUT2D eigenvalue weighted by atomic mass is 32.2. The third kappa shape index (κ3) is 2.12. The maximum absolute atomic E-state index is 11.5. The van der Waals surface area contributed by atoms with Gasteiger partial charge in [0.25, 0.3) is 0 Å². The molecule has 4 heteroatoms. The van der Waals surface area contributed by atoms with Crippen molar-refractivity contribution >= 4 is 11.8 Å². The summed E-state index contributed by atoms with van der Waals surface area (Å²) >= 11 is 1.70. The molecule has 0 atom stereocenters. The molecule has 0 saturated carbocycles. The maximum atomic E-state index is 11.5. The van der Waals surface area contributed by atoms with Gasteiger partial charge in [0, 0.05) is 45.9 Å². The van der Waals surface area contributed by atoms with Crippen LogP contribution in [0.2, 0.25) is 0 Å². The van der Waals surface area contributed by atoms with Crippen molar-refractivity contribution in [1.82, 2.24) is 9.97 Å². The number of aromatic nitrogens is 2. The van der Waals surface area contributed by atoms with E-state index in [-0.39, 0.29) is 0 Å². The fourth-order valence-electron chi connectivity index (χ4n) is 2.93. The lowest BCUT2D eigenvalue weighted by atomic mass is 9.82. The van der Waals surface area contributed by atoms with E-state index in [1.807, 2.05) is 36.4 Å². The predicted octanol–water partition coefficient (Wildman–Crippen LogP) is 3.42. The second kappa shape index (κ2) is 5.23. The van der Waals surface area contributed by atoms with E-state index in [0.29, 0.717) is 6.42 Å². The van der Waals surface area contributed by atoms with Gasteiger partial charge in [-0.15, -0.1) is 0 Å². The van der Waals surface area contributed by atoms with Crippen LogP contribution in [-0.2, 0) is 12.0 Å². The Morgan fingerprint density at radius 1 is 0.909 bits per heavy atom. The topological polar surface area (TPSA) is 46.0 Å². The Bertz CT molecular complexity index is 775. The number of fused-ring (bicyclic) bond motifs is 2. The zero-order valence-electron chi connectivity index (χ0n) is 11.8. The van der Waals surface area contributed by atoms with Crippen LogP contribution in [0.15, 0.2) is 76.9 Å². The van der Waals surface area contributed by atoms with Gasteiger partial charge in [0.15, 0.2) is 0 Å². The van der Waals surface area contributed by atoms with E-state index in [1.165, 1.54) is 0 Å². The van der Waals surface area contributed by atoms with Gasteiger partial charge in [0.2, 0.25) is 0 Å². The molecule has 0 spiro atoms. The van der Waals surface area contributed by atoms with E-state index >= 15 is 0 Å². The molecule has 0 bridgehead atoms. The van der Waals surface area contributed by atoms with Gasteiger partial charge in [-0.2, -0.15) is 0 Å². The minimum Gasteiger partial charge on any atom is -0.380 e. The lowest BCUT2D eigenvalue weighted by molar-refractivity contribution is 0.0732. The summed E-state index contributed by atoms with van der Waals surface area (Å²) < 4.78 is 0. The first-order chi connectivity index (χ1) is 10.8. The number of hydrogen-bond donors (Lipinski definition) is 1. The van der Waals surface area contributed by atoms with Crippen LogP contribution in [0, 0.1) is 0 Å². The number of nitrogens with zero attached hydrogens (tertiary/aromatic N) is 2. The van der Waals surface area contributed by atoms with Crippen LogP contribution >= 0.6 is 11.8 Å². The van der Waals surface area contributed by atoms with Crippen LogP contribution in [0.1, 0.15) is 16.8 Å². The fraction of sp³-hybridized carbons (Fsp3) is 0.111. The second-order valence-corrected chi connectivity index (χ2v) is 6.41. The molecule has 2 heterocycles. The van der Waals surface area contributed by atoms with Gasteiger partial charge in [0.1, 0.15) is 5.60 Å². The predicted molar refractivity (Wildman–Crippen MR) is 85.7 cm³/mol. The van der Waals surface area contributed by atoms with Crippen LogP contribution < -0.4 is 0 Å². The maximum Gasteiger partial charge on any atom is 0.122 e. The Morgan fingerprint density at radius 2 is 1.55 bits per heavy atom. The third-order valence-corrected chi connectivity index (χ3v) is 5.09. The molecule has 0 aliphatic carbocycles. The Hall–Kier alpha value is -2.17. The van der Waals surface area contributed by atoms with Crippen LogP contribution in [-0.4, -0.2) is 15.1 Å². The summed E-state index contributed by atoms with van der Waals surface area (Å²) in [6, 6.07) is 16.0. The smallest absolute Gasteiger partial charge is 0.122 e. The highest BCUT2D eigenvalue weighted by Crippen LogP contribution is 2.48. The number of rotatable bonds is 2. The molecule has 0 unspecified atom stereocenters. The second-order valence-electron chi connectivity index (χ2n) is 5.33. The molecule has 108 valence electrons. The van der Waals surface area contributed by atoms with E-state index in [2.05, 4.69) is 22.1 Å². The SMILES string of the molecule is OC1(Cc2cnccn2)c2ccccc2Sc2ccccc21. The lowest BCUT2D eigenvalue weighted by Gasteiger charge is -2.35. The summed E-state index contributed by atoms with van der Waals surface area (Å²) in [4.78, 5) is 10.6. The Kier molecular flexibility index (Phi) is 3.21. The van der Waals surface area contributed by atoms with Crippen molar-refractivity contribution in [2.24, 2.45) is 0 Å². The van der Waals surface area contributed by atoms with Gasteiger partial charge in [-0.1, -0.05) is 48.2 Å². The van der Waals surface area contributed by atoms with Gasteiger partial charge in [-0.3, -0.25) is 9.97 Å². The molecule has 0 fully saturated rings. The van der Waals surface area contributed by atoms with Crippen LogP contribution in [0.3, 0.4) is 0 Å². The minimum atomic E-state index is -1.07. The molecule has 1 aliphatic heterocycles. The third-order valence-electron chi connectivity index (χ3n) is 3.94. The van der Waals surface area contributed by atoms with Gasteiger partial charge in [-0.25, -0.2) is 0 Å². The summed E-state index contributed by atoms with van der Waals surface area (Å²) in [7, 11) is 0. The first-order valence-electron chi connectivity index (χ1n) is 7.11. The van der Waals surface area contributed by atoms with Crippen molar-refractivity contribution < 1.29 is 5.11 Å². The van der Waals surface area contributed by atoms with Crippen molar-refractivity contribution in [3.63, 3.8) is 0 Å².